The molecule has 0 saturated heterocycles. The fourth-order valence-electron chi connectivity index (χ4n) is 2.22. The summed E-state index contributed by atoms with van der Waals surface area (Å²) in [6.07, 6.45) is 3.63. The molecule has 19 heavy (non-hydrogen) atoms. The van der Waals surface area contributed by atoms with Crippen LogP contribution in [0.2, 0.25) is 0 Å². The standard InChI is InChI=1S/C17H29NO/c1-6-7-8-9-19-17-14(4)10-16(11-15(17)5)12-18-13(2)3/h10-11,13,18H,6-9,12H2,1-5H3. The van der Waals surface area contributed by atoms with Gasteiger partial charge in [0.25, 0.3) is 0 Å². The van der Waals surface area contributed by atoms with Gasteiger partial charge in [-0.15, -0.1) is 0 Å². The number of unbranched alkanes of at least 4 members (excludes halogenated alkanes) is 2. The lowest BCUT2D eigenvalue weighted by Gasteiger charge is -2.15. The van der Waals surface area contributed by atoms with Gasteiger partial charge in [0, 0.05) is 12.6 Å². The molecule has 1 rings (SSSR count). The molecule has 0 aliphatic rings. The largest absolute Gasteiger partial charge is 0.493 e. The summed E-state index contributed by atoms with van der Waals surface area (Å²) in [5.41, 5.74) is 3.83. The molecule has 0 fully saturated rings. The van der Waals surface area contributed by atoms with Crippen LogP contribution < -0.4 is 10.1 Å². The summed E-state index contributed by atoms with van der Waals surface area (Å²) in [6.45, 7) is 12.6. The molecule has 108 valence electrons. The Bertz CT molecular complexity index is 362. The summed E-state index contributed by atoms with van der Waals surface area (Å²) in [6, 6.07) is 4.99. The van der Waals surface area contributed by atoms with E-state index < -0.39 is 0 Å². The highest BCUT2D eigenvalue weighted by Gasteiger charge is 2.06. The molecule has 1 aromatic carbocycles. The molecular weight excluding hydrogens is 234 g/mol. The monoisotopic (exact) mass is 263 g/mol. The molecule has 1 aromatic rings. The van der Waals surface area contributed by atoms with Crippen molar-refractivity contribution in [3.8, 4) is 5.75 Å². The summed E-state index contributed by atoms with van der Waals surface area (Å²) in [5.74, 6) is 1.07. The molecule has 2 heteroatoms. The second-order valence-corrected chi connectivity index (χ2v) is 5.65. The number of aryl methyl sites for hydroxylation is 2. The van der Waals surface area contributed by atoms with Gasteiger partial charge in [0.1, 0.15) is 5.75 Å². The van der Waals surface area contributed by atoms with Crippen LogP contribution in [-0.4, -0.2) is 12.6 Å². The molecule has 0 atom stereocenters. The van der Waals surface area contributed by atoms with Gasteiger partial charge < -0.3 is 10.1 Å². The molecule has 0 bridgehead atoms. The van der Waals surface area contributed by atoms with Crippen molar-refractivity contribution in [3.63, 3.8) is 0 Å². The van der Waals surface area contributed by atoms with Gasteiger partial charge >= 0.3 is 0 Å². The molecule has 0 unspecified atom stereocenters. The van der Waals surface area contributed by atoms with Crippen molar-refractivity contribution < 1.29 is 4.74 Å². The van der Waals surface area contributed by atoms with Crippen LogP contribution in [-0.2, 0) is 6.54 Å². The number of rotatable bonds is 8. The molecule has 0 heterocycles. The second-order valence-electron chi connectivity index (χ2n) is 5.65. The van der Waals surface area contributed by atoms with Gasteiger partial charge in [-0.1, -0.05) is 45.7 Å². The van der Waals surface area contributed by atoms with E-state index in [-0.39, 0.29) is 0 Å². The maximum absolute atomic E-state index is 5.93. The molecule has 1 N–H and O–H groups in total. The predicted molar refractivity (Wildman–Crippen MR) is 82.9 cm³/mol. The van der Waals surface area contributed by atoms with Crippen LogP contribution in [0.15, 0.2) is 12.1 Å². The van der Waals surface area contributed by atoms with Crippen molar-refractivity contribution >= 4 is 0 Å². The average molecular weight is 263 g/mol. The van der Waals surface area contributed by atoms with Crippen molar-refractivity contribution in [2.75, 3.05) is 6.61 Å². The van der Waals surface area contributed by atoms with E-state index in [1.807, 2.05) is 0 Å². The summed E-state index contributed by atoms with van der Waals surface area (Å²) >= 11 is 0. The fourth-order valence-corrected chi connectivity index (χ4v) is 2.22. The van der Waals surface area contributed by atoms with Crippen molar-refractivity contribution in [3.05, 3.63) is 28.8 Å². The lowest BCUT2D eigenvalue weighted by molar-refractivity contribution is 0.302. The zero-order valence-electron chi connectivity index (χ0n) is 13.2. The molecule has 0 spiro atoms. The van der Waals surface area contributed by atoms with Crippen LogP contribution in [0.1, 0.15) is 56.7 Å². The van der Waals surface area contributed by atoms with Crippen molar-refractivity contribution in [1.29, 1.82) is 0 Å². The van der Waals surface area contributed by atoms with Crippen LogP contribution in [0, 0.1) is 13.8 Å². The van der Waals surface area contributed by atoms with Crippen molar-refractivity contribution in [1.82, 2.24) is 5.32 Å². The second kappa shape index (κ2) is 8.21. The van der Waals surface area contributed by atoms with Crippen LogP contribution in [0.4, 0.5) is 0 Å². The smallest absolute Gasteiger partial charge is 0.125 e. The Balaban J connectivity index is 2.63. The van der Waals surface area contributed by atoms with Crippen LogP contribution in [0.3, 0.4) is 0 Å². The van der Waals surface area contributed by atoms with Gasteiger partial charge in [0.15, 0.2) is 0 Å². The highest BCUT2D eigenvalue weighted by molar-refractivity contribution is 5.43. The van der Waals surface area contributed by atoms with Crippen molar-refractivity contribution in [2.45, 2.75) is 66.5 Å². The normalized spacial score (nSPS) is 11.1. The average Bonchev–Trinajstić information content (AvgIpc) is 2.34. The molecule has 0 saturated carbocycles. The lowest BCUT2D eigenvalue weighted by atomic mass is 10.1. The van der Waals surface area contributed by atoms with Crippen LogP contribution >= 0.6 is 0 Å². The van der Waals surface area contributed by atoms with E-state index in [0.717, 1.165) is 25.3 Å². The minimum atomic E-state index is 0.519. The van der Waals surface area contributed by atoms with E-state index in [1.165, 1.54) is 29.5 Å². The van der Waals surface area contributed by atoms with Gasteiger partial charge in [-0.3, -0.25) is 0 Å². The van der Waals surface area contributed by atoms with E-state index in [9.17, 15) is 0 Å². The van der Waals surface area contributed by atoms with E-state index in [0.29, 0.717) is 6.04 Å². The van der Waals surface area contributed by atoms with Crippen molar-refractivity contribution in [2.24, 2.45) is 0 Å². The van der Waals surface area contributed by atoms with Gasteiger partial charge in [-0.05, 0) is 37.0 Å². The van der Waals surface area contributed by atoms with Gasteiger partial charge in [-0.2, -0.15) is 0 Å². The maximum atomic E-state index is 5.93. The Morgan fingerprint density at radius 2 is 1.74 bits per heavy atom. The third-order valence-electron chi connectivity index (χ3n) is 3.23. The zero-order chi connectivity index (χ0) is 14.3. The Morgan fingerprint density at radius 3 is 2.26 bits per heavy atom. The lowest BCUT2D eigenvalue weighted by Crippen LogP contribution is -2.21. The molecule has 0 aliphatic heterocycles. The zero-order valence-corrected chi connectivity index (χ0v) is 13.2. The third-order valence-corrected chi connectivity index (χ3v) is 3.23. The van der Waals surface area contributed by atoms with Gasteiger partial charge in [-0.25, -0.2) is 0 Å². The predicted octanol–water partition coefficient (Wildman–Crippen LogP) is 4.37. The first-order valence-corrected chi connectivity index (χ1v) is 7.51. The number of hydrogen-bond acceptors (Lipinski definition) is 2. The number of benzene rings is 1. The highest BCUT2D eigenvalue weighted by atomic mass is 16.5. The number of nitrogens with one attached hydrogen (secondary N) is 1. The van der Waals surface area contributed by atoms with E-state index in [1.54, 1.807) is 0 Å². The molecule has 0 aliphatic carbocycles. The SMILES string of the molecule is CCCCCOc1c(C)cc(CNC(C)C)cc1C. The van der Waals surface area contributed by atoms with E-state index >= 15 is 0 Å². The first-order chi connectivity index (χ1) is 9.04. The quantitative estimate of drug-likeness (QED) is 0.703. The summed E-state index contributed by atoms with van der Waals surface area (Å²) in [7, 11) is 0. The summed E-state index contributed by atoms with van der Waals surface area (Å²) < 4.78 is 5.93. The molecule has 0 aromatic heterocycles. The Morgan fingerprint density at radius 1 is 1.11 bits per heavy atom. The van der Waals surface area contributed by atoms with E-state index in [4.69, 9.17) is 4.74 Å². The molecule has 2 nitrogen and oxygen atoms in total. The summed E-state index contributed by atoms with van der Waals surface area (Å²) in [4.78, 5) is 0. The fraction of sp³-hybridized carbons (Fsp3) is 0.647. The van der Waals surface area contributed by atoms with Crippen LogP contribution in [0.5, 0.6) is 5.75 Å². The topological polar surface area (TPSA) is 21.3 Å². The molecule has 0 radical (unpaired) electrons. The third kappa shape index (κ3) is 5.65. The van der Waals surface area contributed by atoms with Gasteiger partial charge in [0.2, 0.25) is 0 Å². The Labute approximate surface area is 118 Å². The Hall–Kier alpha value is -1.02. The minimum absolute atomic E-state index is 0.519. The number of hydrogen-bond donors (Lipinski definition) is 1. The van der Waals surface area contributed by atoms with Crippen LogP contribution in [0.25, 0.3) is 0 Å². The maximum Gasteiger partial charge on any atom is 0.125 e. The van der Waals surface area contributed by atoms with E-state index in [2.05, 4.69) is 52.1 Å². The number of ether oxygens (including phenoxy) is 1. The highest BCUT2D eigenvalue weighted by Crippen LogP contribution is 2.25. The minimum Gasteiger partial charge on any atom is -0.493 e. The first-order valence-electron chi connectivity index (χ1n) is 7.51. The Kier molecular flexibility index (Phi) is 6.93. The van der Waals surface area contributed by atoms with Gasteiger partial charge in [0.05, 0.1) is 6.61 Å². The summed E-state index contributed by atoms with van der Waals surface area (Å²) in [5, 5.41) is 3.45. The molecule has 0 amide bonds. The first kappa shape index (κ1) is 16.0. The molecular formula is C17H29NO.